The van der Waals surface area contributed by atoms with Crippen LogP contribution < -0.4 is 10.6 Å². The third kappa shape index (κ3) is 6.42. The maximum Gasteiger partial charge on any atom is 0.321 e. The maximum atomic E-state index is 11.9. The first-order valence-corrected chi connectivity index (χ1v) is 10.6. The Morgan fingerprint density at radius 3 is 2.72 bits per heavy atom. The second-order valence-electron chi connectivity index (χ2n) is 7.04. The summed E-state index contributed by atoms with van der Waals surface area (Å²) >= 11 is 1.17. The van der Waals surface area contributed by atoms with Crippen molar-refractivity contribution in [2.75, 3.05) is 12.4 Å². The molecule has 1 aromatic heterocycles. The smallest absolute Gasteiger partial charge is 0.321 e. The molecule has 1 fully saturated rings. The lowest BCUT2D eigenvalue weighted by atomic mass is 9.86. The van der Waals surface area contributed by atoms with Crippen LogP contribution in [0.5, 0.6) is 0 Å². The van der Waals surface area contributed by atoms with Crippen LogP contribution in [0.2, 0.25) is 0 Å². The highest BCUT2D eigenvalue weighted by molar-refractivity contribution is 7.99. The van der Waals surface area contributed by atoms with Crippen LogP contribution in [0.1, 0.15) is 32.6 Å². The number of ether oxygens (including phenoxy) is 1. The summed E-state index contributed by atoms with van der Waals surface area (Å²) in [7, 11) is 0. The van der Waals surface area contributed by atoms with Gasteiger partial charge in [-0.3, -0.25) is 19.9 Å². The van der Waals surface area contributed by atoms with Crippen molar-refractivity contribution in [2.24, 2.45) is 5.92 Å². The van der Waals surface area contributed by atoms with Gasteiger partial charge < -0.3 is 10.1 Å². The molecule has 1 aliphatic carbocycles. The Morgan fingerprint density at radius 2 is 1.93 bits per heavy atom. The van der Waals surface area contributed by atoms with Gasteiger partial charge in [0.05, 0.1) is 23.0 Å². The van der Waals surface area contributed by atoms with E-state index >= 15 is 0 Å². The van der Waals surface area contributed by atoms with Crippen LogP contribution >= 0.6 is 11.8 Å². The number of carbonyl (C=O) groups is 3. The van der Waals surface area contributed by atoms with Crippen LogP contribution in [0.3, 0.4) is 0 Å². The number of urea groups is 1. The van der Waals surface area contributed by atoms with Crippen LogP contribution in [0.15, 0.2) is 35.5 Å². The average molecular weight is 417 g/mol. The standard InChI is InChI=1S/C20H24N4O4S/c1-13-6-2-3-7-14(13)23-20(27)24-17(25)11-28-19(26)12-29-18-10-21-15-8-4-5-9-16(15)22-18/h4-5,8-10,13-14H,2-3,6-7,11-12H2,1H3,(H2,23,24,25,27). The summed E-state index contributed by atoms with van der Waals surface area (Å²) in [5, 5.41) is 5.61. The Morgan fingerprint density at radius 1 is 1.17 bits per heavy atom. The number of thioether (sulfide) groups is 1. The zero-order valence-corrected chi connectivity index (χ0v) is 17.0. The fourth-order valence-corrected chi connectivity index (χ4v) is 3.87. The summed E-state index contributed by atoms with van der Waals surface area (Å²) in [5.74, 6) is -0.847. The van der Waals surface area contributed by atoms with Crippen molar-refractivity contribution in [3.8, 4) is 0 Å². The van der Waals surface area contributed by atoms with Crippen molar-refractivity contribution in [3.63, 3.8) is 0 Å². The number of fused-ring (bicyclic) bond motifs is 1. The minimum atomic E-state index is -0.658. The molecule has 29 heavy (non-hydrogen) atoms. The first kappa shape index (κ1) is 21.0. The molecule has 154 valence electrons. The van der Waals surface area contributed by atoms with Crippen molar-refractivity contribution < 1.29 is 19.1 Å². The van der Waals surface area contributed by atoms with Gasteiger partial charge in [-0.25, -0.2) is 9.78 Å². The summed E-state index contributed by atoms with van der Waals surface area (Å²) in [6, 6.07) is 6.96. The number of nitrogens with one attached hydrogen (secondary N) is 2. The molecule has 0 radical (unpaired) electrons. The fraction of sp³-hybridized carbons (Fsp3) is 0.450. The molecule has 3 rings (SSSR count). The molecule has 0 bridgehead atoms. The summed E-state index contributed by atoms with van der Waals surface area (Å²) in [6.45, 7) is 1.59. The van der Waals surface area contributed by atoms with E-state index in [2.05, 4.69) is 27.5 Å². The molecule has 1 heterocycles. The van der Waals surface area contributed by atoms with Crippen molar-refractivity contribution >= 4 is 40.7 Å². The van der Waals surface area contributed by atoms with E-state index in [1.165, 1.54) is 18.2 Å². The average Bonchev–Trinajstić information content (AvgIpc) is 2.72. The molecule has 2 atom stereocenters. The number of benzene rings is 1. The lowest BCUT2D eigenvalue weighted by Gasteiger charge is -2.29. The van der Waals surface area contributed by atoms with Gasteiger partial charge in [-0.2, -0.15) is 0 Å². The minimum absolute atomic E-state index is 0.00785. The zero-order valence-electron chi connectivity index (χ0n) is 16.2. The van der Waals surface area contributed by atoms with Gasteiger partial charge >= 0.3 is 12.0 Å². The fourth-order valence-electron chi connectivity index (χ4n) is 3.23. The van der Waals surface area contributed by atoms with Gasteiger partial charge in [-0.1, -0.05) is 43.7 Å². The van der Waals surface area contributed by atoms with Crippen LogP contribution in [0.25, 0.3) is 11.0 Å². The van der Waals surface area contributed by atoms with E-state index in [0.29, 0.717) is 10.9 Å². The molecule has 2 aromatic rings. The number of carbonyl (C=O) groups excluding carboxylic acids is 3. The highest BCUT2D eigenvalue weighted by atomic mass is 32.2. The molecule has 3 amide bonds. The first-order chi connectivity index (χ1) is 14.0. The molecule has 1 aromatic carbocycles. The molecule has 0 aliphatic heterocycles. The molecule has 9 heteroatoms. The Kier molecular flexibility index (Phi) is 7.40. The monoisotopic (exact) mass is 416 g/mol. The number of hydrogen-bond donors (Lipinski definition) is 2. The Hall–Kier alpha value is -2.68. The second kappa shape index (κ2) is 10.2. The third-order valence-electron chi connectivity index (χ3n) is 4.81. The minimum Gasteiger partial charge on any atom is -0.455 e. The van der Waals surface area contributed by atoms with Crippen LogP contribution in [0.4, 0.5) is 4.79 Å². The number of amides is 3. The van der Waals surface area contributed by atoms with Crippen molar-refractivity contribution in [1.82, 2.24) is 20.6 Å². The molecule has 0 spiro atoms. The van der Waals surface area contributed by atoms with Gasteiger partial charge in [-0.05, 0) is 30.9 Å². The number of hydrogen-bond acceptors (Lipinski definition) is 7. The topological polar surface area (TPSA) is 110 Å². The van der Waals surface area contributed by atoms with Crippen LogP contribution in [0, 0.1) is 5.92 Å². The van der Waals surface area contributed by atoms with Crippen LogP contribution in [-0.4, -0.2) is 46.3 Å². The third-order valence-corrected chi connectivity index (χ3v) is 5.68. The number of imide groups is 1. The Labute approximate surface area is 173 Å². The molecular formula is C20H24N4O4S. The normalized spacial score (nSPS) is 18.8. The predicted molar refractivity (Wildman–Crippen MR) is 109 cm³/mol. The molecule has 8 nitrogen and oxygen atoms in total. The van der Waals surface area contributed by atoms with Crippen molar-refractivity contribution in [2.45, 2.75) is 43.7 Å². The van der Waals surface area contributed by atoms with Gasteiger partial charge in [0, 0.05) is 6.04 Å². The van der Waals surface area contributed by atoms with E-state index in [1.54, 1.807) is 6.20 Å². The molecular weight excluding hydrogens is 392 g/mol. The lowest BCUT2D eigenvalue weighted by Crippen LogP contribution is -2.48. The van der Waals surface area contributed by atoms with Gasteiger partial charge in [0.1, 0.15) is 5.03 Å². The molecule has 1 aliphatic rings. The summed E-state index contributed by atoms with van der Waals surface area (Å²) in [5.41, 5.74) is 1.51. The highest BCUT2D eigenvalue weighted by Crippen LogP contribution is 2.23. The van der Waals surface area contributed by atoms with E-state index in [-0.39, 0.29) is 11.8 Å². The van der Waals surface area contributed by atoms with Gasteiger partial charge in [0.15, 0.2) is 6.61 Å². The molecule has 2 N–H and O–H groups in total. The number of esters is 1. The van der Waals surface area contributed by atoms with E-state index in [1.807, 2.05) is 24.3 Å². The second-order valence-corrected chi connectivity index (χ2v) is 8.03. The lowest BCUT2D eigenvalue weighted by molar-refractivity contribution is -0.145. The molecule has 0 saturated heterocycles. The summed E-state index contributed by atoms with van der Waals surface area (Å²) in [6.07, 6.45) is 5.80. The molecule has 1 saturated carbocycles. The zero-order chi connectivity index (χ0) is 20.6. The van der Waals surface area contributed by atoms with Crippen molar-refractivity contribution in [3.05, 3.63) is 30.5 Å². The number of para-hydroxylation sites is 2. The van der Waals surface area contributed by atoms with E-state index < -0.39 is 24.5 Å². The number of nitrogens with zero attached hydrogens (tertiary/aromatic N) is 2. The maximum absolute atomic E-state index is 11.9. The summed E-state index contributed by atoms with van der Waals surface area (Å²) in [4.78, 5) is 44.3. The number of rotatable bonds is 6. The van der Waals surface area contributed by atoms with E-state index in [0.717, 1.165) is 30.3 Å². The molecule has 2 unspecified atom stereocenters. The quantitative estimate of drug-likeness (QED) is 0.550. The summed E-state index contributed by atoms with van der Waals surface area (Å²) < 4.78 is 4.93. The largest absolute Gasteiger partial charge is 0.455 e. The highest BCUT2D eigenvalue weighted by Gasteiger charge is 2.23. The van der Waals surface area contributed by atoms with Crippen molar-refractivity contribution in [1.29, 1.82) is 0 Å². The SMILES string of the molecule is CC1CCCCC1NC(=O)NC(=O)COC(=O)CSc1cnc2ccccc2n1. The first-order valence-electron chi connectivity index (χ1n) is 9.62. The van der Waals surface area contributed by atoms with Gasteiger partial charge in [0.25, 0.3) is 5.91 Å². The van der Waals surface area contributed by atoms with E-state index in [9.17, 15) is 14.4 Å². The Bertz CT molecular complexity index is 892. The number of aromatic nitrogens is 2. The van der Waals surface area contributed by atoms with Gasteiger partial charge in [0.2, 0.25) is 0 Å². The Balaban J connectivity index is 1.37. The van der Waals surface area contributed by atoms with Gasteiger partial charge in [-0.15, -0.1) is 0 Å². The predicted octanol–water partition coefficient (Wildman–Crippen LogP) is 2.67. The van der Waals surface area contributed by atoms with E-state index in [4.69, 9.17) is 4.74 Å². The van der Waals surface area contributed by atoms with Crippen LogP contribution in [-0.2, 0) is 14.3 Å².